The van der Waals surface area contributed by atoms with E-state index in [2.05, 4.69) is 15.4 Å². The summed E-state index contributed by atoms with van der Waals surface area (Å²) < 4.78 is 46.4. The largest absolute Gasteiger partial charge is 0.573 e. The Morgan fingerprint density at radius 1 is 0.968 bits per heavy atom. The molecule has 2 N–H and O–H groups in total. The van der Waals surface area contributed by atoms with Gasteiger partial charge in [0, 0.05) is 17.0 Å². The number of benzene rings is 2. The summed E-state index contributed by atoms with van der Waals surface area (Å²) in [5, 5.41) is 6.00. The number of ether oxygens (including phenoxy) is 1. The summed E-state index contributed by atoms with van der Waals surface area (Å²) in [5.41, 5.74) is 0.957. The quantitative estimate of drug-likeness (QED) is 0.541. The summed E-state index contributed by atoms with van der Waals surface area (Å²) in [5.74, 6) is -1.39. The number of nitrogens with one attached hydrogen (secondary N) is 2. The molecule has 0 unspecified atom stereocenters. The highest BCUT2D eigenvalue weighted by Crippen LogP contribution is 2.34. The minimum absolute atomic E-state index is 0.0804. The van der Waals surface area contributed by atoms with Crippen LogP contribution < -0.4 is 15.4 Å². The number of amides is 2. The fraction of sp³-hybridized carbons (Fsp3) is 0.273. The van der Waals surface area contributed by atoms with Crippen molar-refractivity contribution in [2.45, 2.75) is 32.0 Å². The van der Waals surface area contributed by atoms with Crippen molar-refractivity contribution >= 4 is 34.2 Å². The molecule has 1 fully saturated rings. The first-order chi connectivity index (χ1) is 14.8. The zero-order chi connectivity index (χ0) is 22.0. The average Bonchev–Trinajstić information content (AvgIpc) is 3.37. The van der Waals surface area contributed by atoms with Crippen molar-refractivity contribution in [3.05, 3.63) is 54.3 Å². The third-order valence-electron chi connectivity index (χ3n) is 5.12. The summed E-state index contributed by atoms with van der Waals surface area (Å²) >= 11 is 0. The molecule has 1 aliphatic rings. The summed E-state index contributed by atoms with van der Waals surface area (Å²) in [4.78, 5) is 25.5. The van der Waals surface area contributed by atoms with E-state index < -0.39 is 18.0 Å². The van der Waals surface area contributed by atoms with E-state index in [0.29, 0.717) is 11.0 Å². The number of anilines is 2. The minimum Gasteiger partial charge on any atom is -0.449 e. The van der Waals surface area contributed by atoms with Crippen LogP contribution in [0.3, 0.4) is 0 Å². The molecule has 1 aliphatic carbocycles. The fourth-order valence-electron chi connectivity index (χ4n) is 3.67. The van der Waals surface area contributed by atoms with E-state index >= 15 is 0 Å². The van der Waals surface area contributed by atoms with Crippen LogP contribution in [0.2, 0.25) is 0 Å². The van der Waals surface area contributed by atoms with Crippen molar-refractivity contribution < 1.29 is 31.9 Å². The van der Waals surface area contributed by atoms with Crippen LogP contribution in [0.15, 0.2) is 52.9 Å². The highest BCUT2D eigenvalue weighted by atomic mass is 19.4. The van der Waals surface area contributed by atoms with E-state index in [0.717, 1.165) is 37.8 Å². The first kappa shape index (κ1) is 20.8. The lowest BCUT2D eigenvalue weighted by Gasteiger charge is -2.11. The van der Waals surface area contributed by atoms with Crippen molar-refractivity contribution in [3.8, 4) is 5.75 Å². The predicted molar refractivity (Wildman–Crippen MR) is 108 cm³/mol. The lowest BCUT2D eigenvalue weighted by Crippen LogP contribution is -2.22. The lowest BCUT2D eigenvalue weighted by atomic mass is 10.1. The van der Waals surface area contributed by atoms with Gasteiger partial charge in [0.25, 0.3) is 5.91 Å². The van der Waals surface area contributed by atoms with Gasteiger partial charge in [-0.25, -0.2) is 0 Å². The van der Waals surface area contributed by atoms with Gasteiger partial charge in [0.05, 0.1) is 0 Å². The molecule has 1 heterocycles. The Bertz CT molecular complexity index is 1100. The van der Waals surface area contributed by atoms with Crippen LogP contribution in [-0.2, 0) is 4.79 Å². The van der Waals surface area contributed by atoms with Gasteiger partial charge in [-0.15, -0.1) is 13.2 Å². The minimum atomic E-state index is -4.80. The van der Waals surface area contributed by atoms with Gasteiger partial charge in [0.2, 0.25) is 11.7 Å². The maximum absolute atomic E-state index is 12.9. The fourth-order valence-corrected chi connectivity index (χ4v) is 3.67. The molecular formula is C22H19F3N2O4. The van der Waals surface area contributed by atoms with Gasteiger partial charge in [-0.3, -0.25) is 9.59 Å². The monoisotopic (exact) mass is 432 g/mol. The van der Waals surface area contributed by atoms with Crippen molar-refractivity contribution in [1.82, 2.24) is 0 Å². The summed E-state index contributed by atoms with van der Waals surface area (Å²) in [7, 11) is 0. The molecule has 0 saturated heterocycles. The number of hydrogen-bond donors (Lipinski definition) is 2. The summed E-state index contributed by atoms with van der Waals surface area (Å²) in [6.45, 7) is 0. The second-order valence-electron chi connectivity index (χ2n) is 7.30. The molecule has 0 spiro atoms. The lowest BCUT2D eigenvalue weighted by molar-refractivity contribution is -0.274. The standard InChI is InChI=1S/C22H19F3N2O4/c23-22(24,25)31-15-11-9-14(10-12-15)26-21(29)19-18(16-7-3-4-8-17(16)30-19)27-20(28)13-5-1-2-6-13/h3-4,7-13H,1-2,5-6H2,(H,26,29)(H,27,28). The van der Waals surface area contributed by atoms with Crippen molar-refractivity contribution in [2.75, 3.05) is 10.6 Å². The molecule has 0 radical (unpaired) electrons. The van der Waals surface area contributed by atoms with E-state index in [-0.39, 0.29) is 29.0 Å². The second kappa shape index (κ2) is 8.33. The van der Waals surface area contributed by atoms with E-state index in [1.807, 2.05) is 0 Å². The topological polar surface area (TPSA) is 80.6 Å². The van der Waals surface area contributed by atoms with Crippen molar-refractivity contribution in [1.29, 1.82) is 0 Å². The highest BCUT2D eigenvalue weighted by molar-refractivity contribution is 6.14. The molecule has 4 rings (SSSR count). The predicted octanol–water partition coefficient (Wildman–Crippen LogP) is 5.71. The Balaban J connectivity index is 1.56. The van der Waals surface area contributed by atoms with Crippen molar-refractivity contribution in [3.63, 3.8) is 0 Å². The number of halogens is 3. The zero-order valence-corrected chi connectivity index (χ0v) is 16.3. The Hall–Kier alpha value is -3.49. The molecule has 31 heavy (non-hydrogen) atoms. The average molecular weight is 432 g/mol. The molecule has 2 aromatic carbocycles. The first-order valence-corrected chi connectivity index (χ1v) is 9.80. The number of carbonyl (C=O) groups excluding carboxylic acids is 2. The van der Waals surface area contributed by atoms with Gasteiger partial charge in [-0.05, 0) is 49.2 Å². The Morgan fingerprint density at radius 2 is 1.65 bits per heavy atom. The summed E-state index contributed by atoms with van der Waals surface area (Å²) in [6, 6.07) is 11.7. The molecule has 0 atom stereocenters. The van der Waals surface area contributed by atoms with Gasteiger partial charge in [-0.2, -0.15) is 0 Å². The molecule has 0 bridgehead atoms. The maximum atomic E-state index is 12.9. The smallest absolute Gasteiger partial charge is 0.449 e. The number of carbonyl (C=O) groups is 2. The van der Waals surface area contributed by atoms with Gasteiger partial charge < -0.3 is 19.8 Å². The van der Waals surface area contributed by atoms with Gasteiger partial charge >= 0.3 is 6.36 Å². The molecule has 0 aliphatic heterocycles. The third-order valence-corrected chi connectivity index (χ3v) is 5.12. The van der Waals surface area contributed by atoms with E-state index in [4.69, 9.17) is 4.42 Å². The number of rotatable bonds is 5. The van der Waals surface area contributed by atoms with Crippen LogP contribution in [-0.4, -0.2) is 18.2 Å². The Morgan fingerprint density at radius 3 is 2.32 bits per heavy atom. The Labute approximate surface area is 175 Å². The van der Waals surface area contributed by atoms with Crippen LogP contribution in [0.25, 0.3) is 11.0 Å². The van der Waals surface area contributed by atoms with E-state index in [1.165, 1.54) is 12.1 Å². The van der Waals surface area contributed by atoms with Crippen LogP contribution in [0.1, 0.15) is 36.2 Å². The maximum Gasteiger partial charge on any atom is 0.573 e. The molecule has 6 nitrogen and oxygen atoms in total. The summed E-state index contributed by atoms with van der Waals surface area (Å²) in [6.07, 6.45) is -1.21. The molecular weight excluding hydrogens is 413 g/mol. The number of fused-ring (bicyclic) bond motifs is 1. The molecule has 9 heteroatoms. The van der Waals surface area contributed by atoms with Gasteiger partial charge in [0.15, 0.2) is 0 Å². The van der Waals surface area contributed by atoms with Crippen LogP contribution >= 0.6 is 0 Å². The number of alkyl halides is 3. The Kier molecular flexibility index (Phi) is 5.58. The van der Waals surface area contributed by atoms with Gasteiger partial charge in [0.1, 0.15) is 17.0 Å². The van der Waals surface area contributed by atoms with Crippen LogP contribution in [0.4, 0.5) is 24.5 Å². The van der Waals surface area contributed by atoms with Crippen LogP contribution in [0.5, 0.6) is 5.75 Å². The SMILES string of the molecule is O=C(Nc1ccc(OC(F)(F)F)cc1)c1oc2ccccc2c1NC(=O)C1CCCC1. The van der Waals surface area contributed by atoms with Gasteiger partial charge in [-0.1, -0.05) is 25.0 Å². The normalized spacial score (nSPS) is 14.5. The number of hydrogen-bond acceptors (Lipinski definition) is 4. The third kappa shape index (κ3) is 4.82. The highest BCUT2D eigenvalue weighted by Gasteiger charge is 2.31. The zero-order valence-electron chi connectivity index (χ0n) is 16.3. The second-order valence-corrected chi connectivity index (χ2v) is 7.30. The molecule has 2 amide bonds. The first-order valence-electron chi connectivity index (χ1n) is 9.80. The van der Waals surface area contributed by atoms with E-state index in [1.54, 1.807) is 24.3 Å². The van der Waals surface area contributed by atoms with Crippen molar-refractivity contribution in [2.24, 2.45) is 5.92 Å². The molecule has 3 aromatic rings. The molecule has 1 saturated carbocycles. The molecule has 1 aromatic heterocycles. The number of furan rings is 1. The molecule has 162 valence electrons. The van der Waals surface area contributed by atoms with E-state index in [9.17, 15) is 22.8 Å². The van der Waals surface area contributed by atoms with Crippen LogP contribution in [0, 0.1) is 5.92 Å². The number of para-hydroxylation sites is 1.